The van der Waals surface area contributed by atoms with Crippen molar-refractivity contribution in [3.05, 3.63) is 30.0 Å². The number of carbonyl (C=O) groups is 2. The molecule has 2 amide bonds. The minimum absolute atomic E-state index is 0.162. The van der Waals surface area contributed by atoms with Crippen LogP contribution >= 0.6 is 0 Å². The van der Waals surface area contributed by atoms with E-state index in [1.807, 2.05) is 29.3 Å². The Morgan fingerprint density at radius 3 is 2.48 bits per heavy atom. The Morgan fingerprint density at radius 1 is 1.15 bits per heavy atom. The quantitative estimate of drug-likeness (QED) is 0.896. The van der Waals surface area contributed by atoms with E-state index in [1.165, 1.54) is 0 Å². The molecular weight excluding hydrogens is 346 g/mol. The molecule has 0 atom stereocenters. The highest BCUT2D eigenvalue weighted by Gasteiger charge is 2.54. The maximum atomic E-state index is 13.3. The van der Waals surface area contributed by atoms with E-state index in [9.17, 15) is 9.59 Å². The molecule has 4 rings (SSSR count). The lowest BCUT2D eigenvalue weighted by atomic mass is 9.93. The van der Waals surface area contributed by atoms with Gasteiger partial charge >= 0.3 is 6.09 Å². The Balaban J connectivity index is 1.52. The van der Waals surface area contributed by atoms with E-state index in [-0.39, 0.29) is 12.0 Å². The van der Waals surface area contributed by atoms with Gasteiger partial charge in [0.05, 0.1) is 19.1 Å². The SMILES string of the molecule is CCOC(=O)N1CCN(C(=O)C2(c3c[nH]c4ccc(OC)cc34)CC2)CC1. The van der Waals surface area contributed by atoms with E-state index >= 15 is 0 Å². The minimum atomic E-state index is -0.448. The van der Waals surface area contributed by atoms with Crippen LogP contribution in [0.2, 0.25) is 0 Å². The van der Waals surface area contributed by atoms with Gasteiger partial charge in [0, 0.05) is 43.3 Å². The first-order chi connectivity index (χ1) is 13.1. The van der Waals surface area contributed by atoms with E-state index in [4.69, 9.17) is 9.47 Å². The molecule has 7 nitrogen and oxygen atoms in total. The largest absolute Gasteiger partial charge is 0.497 e. The van der Waals surface area contributed by atoms with Crippen LogP contribution < -0.4 is 4.74 Å². The van der Waals surface area contributed by atoms with Crippen molar-refractivity contribution >= 4 is 22.9 Å². The summed E-state index contributed by atoms with van der Waals surface area (Å²) in [5.41, 5.74) is 1.61. The molecule has 1 aromatic carbocycles. The second kappa shape index (κ2) is 6.79. The van der Waals surface area contributed by atoms with Crippen LogP contribution in [0.4, 0.5) is 4.79 Å². The van der Waals surface area contributed by atoms with Crippen molar-refractivity contribution in [2.24, 2.45) is 0 Å². The zero-order chi connectivity index (χ0) is 19.0. The third-order valence-electron chi connectivity index (χ3n) is 5.66. The van der Waals surface area contributed by atoms with E-state index in [0.29, 0.717) is 32.8 Å². The number of hydrogen-bond acceptors (Lipinski definition) is 4. The average molecular weight is 371 g/mol. The lowest BCUT2D eigenvalue weighted by Crippen LogP contribution is -2.53. The molecule has 7 heteroatoms. The highest BCUT2D eigenvalue weighted by Crippen LogP contribution is 2.52. The summed E-state index contributed by atoms with van der Waals surface area (Å²) >= 11 is 0. The summed E-state index contributed by atoms with van der Waals surface area (Å²) in [6.07, 6.45) is 3.38. The second-order valence-electron chi connectivity index (χ2n) is 7.17. The number of hydrogen-bond donors (Lipinski definition) is 1. The molecule has 2 heterocycles. The normalized spacial score (nSPS) is 18.4. The highest BCUT2D eigenvalue weighted by atomic mass is 16.6. The maximum Gasteiger partial charge on any atom is 0.409 e. The van der Waals surface area contributed by atoms with Gasteiger partial charge in [0.2, 0.25) is 5.91 Å². The van der Waals surface area contributed by atoms with Crippen LogP contribution in [0.5, 0.6) is 5.75 Å². The first-order valence-corrected chi connectivity index (χ1v) is 9.46. The molecular formula is C20H25N3O4. The number of benzene rings is 1. The lowest BCUT2D eigenvalue weighted by Gasteiger charge is -2.36. The van der Waals surface area contributed by atoms with Crippen molar-refractivity contribution in [2.45, 2.75) is 25.2 Å². The zero-order valence-corrected chi connectivity index (χ0v) is 15.8. The van der Waals surface area contributed by atoms with Crippen LogP contribution in [0, 0.1) is 0 Å². The van der Waals surface area contributed by atoms with E-state index in [2.05, 4.69) is 4.98 Å². The number of nitrogens with one attached hydrogen (secondary N) is 1. The van der Waals surface area contributed by atoms with E-state index in [0.717, 1.165) is 35.1 Å². The van der Waals surface area contributed by atoms with Gasteiger partial charge in [0.25, 0.3) is 0 Å². The molecule has 2 aliphatic rings. The molecule has 2 aromatic rings. The monoisotopic (exact) mass is 371 g/mol. The summed E-state index contributed by atoms with van der Waals surface area (Å²) in [5.74, 6) is 0.948. The molecule has 1 aromatic heterocycles. The molecule has 144 valence electrons. The zero-order valence-electron chi connectivity index (χ0n) is 15.8. The van der Waals surface area contributed by atoms with Gasteiger partial charge in [-0.05, 0) is 43.5 Å². The average Bonchev–Trinajstić information content (AvgIpc) is 3.40. The topological polar surface area (TPSA) is 74.9 Å². The van der Waals surface area contributed by atoms with Gasteiger partial charge in [-0.2, -0.15) is 0 Å². The number of nitrogens with zero attached hydrogens (tertiary/aromatic N) is 2. The number of aromatic amines is 1. The number of piperazine rings is 1. The van der Waals surface area contributed by atoms with Crippen molar-refractivity contribution in [1.82, 2.24) is 14.8 Å². The molecule has 0 spiro atoms. The summed E-state index contributed by atoms with van der Waals surface area (Å²) in [4.78, 5) is 32.0. The van der Waals surface area contributed by atoms with Gasteiger partial charge in [0.1, 0.15) is 5.75 Å². The van der Waals surface area contributed by atoms with Crippen LogP contribution in [0.25, 0.3) is 10.9 Å². The summed E-state index contributed by atoms with van der Waals surface area (Å²) in [6.45, 7) is 4.29. The fourth-order valence-corrected chi connectivity index (χ4v) is 3.96. The number of fused-ring (bicyclic) bond motifs is 1. The first kappa shape index (κ1) is 17.7. The van der Waals surface area contributed by atoms with Crippen molar-refractivity contribution in [3.8, 4) is 5.75 Å². The summed E-state index contributed by atoms with van der Waals surface area (Å²) < 4.78 is 10.4. The standard InChI is InChI=1S/C20H25N3O4/c1-3-27-19(25)23-10-8-22(9-11-23)18(24)20(6-7-20)16-13-21-17-5-4-14(26-2)12-15(16)17/h4-5,12-13,21H,3,6-11H2,1-2H3. The van der Waals surface area contributed by atoms with Crippen molar-refractivity contribution < 1.29 is 19.1 Å². The van der Waals surface area contributed by atoms with Gasteiger partial charge in [-0.3, -0.25) is 4.79 Å². The van der Waals surface area contributed by atoms with Gasteiger partial charge in [-0.15, -0.1) is 0 Å². The van der Waals surface area contributed by atoms with Crippen LogP contribution in [0.3, 0.4) is 0 Å². The Labute approximate surface area is 158 Å². The number of amides is 2. The van der Waals surface area contributed by atoms with Crippen LogP contribution in [0.1, 0.15) is 25.3 Å². The summed E-state index contributed by atoms with van der Waals surface area (Å²) in [6, 6.07) is 5.89. The first-order valence-electron chi connectivity index (χ1n) is 9.46. The van der Waals surface area contributed by atoms with Gasteiger partial charge in [0.15, 0.2) is 0 Å². The molecule has 0 unspecified atom stereocenters. The van der Waals surface area contributed by atoms with Crippen LogP contribution in [-0.2, 0) is 14.9 Å². The third-order valence-corrected chi connectivity index (χ3v) is 5.66. The Hall–Kier alpha value is -2.70. The minimum Gasteiger partial charge on any atom is -0.497 e. The number of H-pyrrole nitrogens is 1. The molecule has 0 radical (unpaired) electrons. The van der Waals surface area contributed by atoms with Crippen LogP contribution in [0.15, 0.2) is 24.4 Å². The van der Waals surface area contributed by atoms with E-state index in [1.54, 1.807) is 18.9 Å². The van der Waals surface area contributed by atoms with Crippen LogP contribution in [-0.4, -0.2) is 66.7 Å². The molecule has 1 N–H and O–H groups in total. The predicted molar refractivity (Wildman–Crippen MR) is 101 cm³/mol. The van der Waals surface area contributed by atoms with Gasteiger partial charge in [-0.25, -0.2) is 4.79 Å². The fraction of sp³-hybridized carbons (Fsp3) is 0.500. The predicted octanol–water partition coefficient (Wildman–Crippen LogP) is 2.51. The highest BCUT2D eigenvalue weighted by molar-refractivity contribution is 5.98. The summed E-state index contributed by atoms with van der Waals surface area (Å²) in [5, 5.41) is 1.05. The Morgan fingerprint density at radius 2 is 1.85 bits per heavy atom. The number of rotatable bonds is 4. The number of aromatic nitrogens is 1. The smallest absolute Gasteiger partial charge is 0.409 e. The fourth-order valence-electron chi connectivity index (χ4n) is 3.96. The van der Waals surface area contributed by atoms with E-state index < -0.39 is 5.41 Å². The third kappa shape index (κ3) is 3.01. The van der Waals surface area contributed by atoms with Crippen molar-refractivity contribution in [2.75, 3.05) is 39.9 Å². The van der Waals surface area contributed by atoms with Crippen molar-refractivity contribution in [3.63, 3.8) is 0 Å². The Kier molecular flexibility index (Phi) is 4.45. The number of methoxy groups -OCH3 is 1. The molecule has 1 saturated carbocycles. The maximum absolute atomic E-state index is 13.3. The number of carbonyl (C=O) groups excluding carboxylic acids is 2. The molecule has 1 aliphatic heterocycles. The molecule has 1 saturated heterocycles. The lowest BCUT2D eigenvalue weighted by molar-refractivity contribution is -0.135. The molecule has 1 aliphatic carbocycles. The summed E-state index contributed by atoms with van der Waals surface area (Å²) in [7, 11) is 1.65. The molecule has 0 bridgehead atoms. The van der Waals surface area contributed by atoms with Gasteiger partial charge < -0.3 is 24.3 Å². The number of ether oxygens (including phenoxy) is 2. The molecule has 2 fully saturated rings. The molecule has 27 heavy (non-hydrogen) atoms. The van der Waals surface area contributed by atoms with Crippen molar-refractivity contribution in [1.29, 1.82) is 0 Å². The van der Waals surface area contributed by atoms with Gasteiger partial charge in [-0.1, -0.05) is 0 Å². The second-order valence-corrected chi connectivity index (χ2v) is 7.17. The Bertz CT molecular complexity index is 863.